The third-order valence-electron chi connectivity index (χ3n) is 4.77. The van der Waals surface area contributed by atoms with Gasteiger partial charge in [-0.05, 0) is 57.4 Å². The van der Waals surface area contributed by atoms with Crippen molar-refractivity contribution in [2.75, 3.05) is 0 Å². The summed E-state index contributed by atoms with van der Waals surface area (Å²) in [5.41, 5.74) is 3.06. The predicted octanol–water partition coefficient (Wildman–Crippen LogP) is 5.69. The highest BCUT2D eigenvalue weighted by Crippen LogP contribution is 2.35. The van der Waals surface area contributed by atoms with Gasteiger partial charge in [-0.25, -0.2) is 0 Å². The molecule has 0 amide bonds. The number of rotatable bonds is 0. The Bertz CT molecular complexity index is 1290. The Hall–Kier alpha value is -3.37. The van der Waals surface area contributed by atoms with Crippen LogP contribution in [0.15, 0.2) is 72.9 Å². The average molecular weight is 317 g/mol. The van der Waals surface area contributed by atoms with Gasteiger partial charge in [0.1, 0.15) is 0 Å². The Morgan fingerprint density at radius 2 is 1.44 bits per heavy atom. The van der Waals surface area contributed by atoms with Crippen LogP contribution < -0.4 is 0 Å². The number of benzene rings is 4. The van der Waals surface area contributed by atoms with Crippen LogP contribution in [0.5, 0.6) is 0 Å². The van der Waals surface area contributed by atoms with Gasteiger partial charge in [0, 0.05) is 23.0 Å². The fraction of sp³-hybridized carbons (Fsp3) is 0.0417. The lowest BCUT2D eigenvalue weighted by molar-refractivity contribution is 1.19. The first-order chi connectivity index (χ1) is 12.3. The highest BCUT2D eigenvalue weighted by Gasteiger charge is 2.09. The third-order valence-corrected chi connectivity index (χ3v) is 4.77. The van der Waals surface area contributed by atoms with Crippen molar-refractivity contribution in [2.45, 2.75) is 6.92 Å². The van der Waals surface area contributed by atoms with E-state index in [9.17, 15) is 0 Å². The summed E-state index contributed by atoms with van der Waals surface area (Å²) in [7, 11) is 0. The molecule has 0 saturated heterocycles. The van der Waals surface area contributed by atoms with Crippen molar-refractivity contribution >= 4 is 32.3 Å². The number of aryl methyl sites for hydroxylation is 1. The first-order valence-electron chi connectivity index (χ1n) is 8.41. The lowest BCUT2D eigenvalue weighted by atomic mass is 9.92. The van der Waals surface area contributed by atoms with Crippen LogP contribution in [0.1, 0.15) is 16.8 Å². The maximum Gasteiger partial charge on any atom is 0.0385 e. The summed E-state index contributed by atoms with van der Waals surface area (Å²) in [5, 5.41) is 7.70. The third kappa shape index (κ3) is 2.23. The molecule has 0 saturated carbocycles. The van der Waals surface area contributed by atoms with Crippen LogP contribution in [0, 0.1) is 18.8 Å². The molecule has 0 aliphatic rings. The predicted molar refractivity (Wildman–Crippen MR) is 105 cm³/mol. The Kier molecular flexibility index (Phi) is 2.99. The minimum atomic E-state index is 0.988. The average Bonchev–Trinajstić information content (AvgIpc) is 2.65. The number of nitrogens with zero attached hydrogens (tertiary/aromatic N) is 1. The number of aromatic nitrogens is 1. The zero-order valence-corrected chi connectivity index (χ0v) is 13.9. The molecule has 4 aromatic carbocycles. The van der Waals surface area contributed by atoms with Crippen LogP contribution in [-0.4, -0.2) is 4.98 Å². The Morgan fingerprint density at radius 3 is 2.24 bits per heavy atom. The molecule has 116 valence electrons. The molecule has 0 aliphatic carbocycles. The molecular weight excluding hydrogens is 302 g/mol. The van der Waals surface area contributed by atoms with E-state index < -0.39 is 0 Å². The quantitative estimate of drug-likeness (QED) is 0.264. The van der Waals surface area contributed by atoms with Gasteiger partial charge in [-0.1, -0.05) is 60.4 Å². The molecule has 0 spiro atoms. The Morgan fingerprint density at radius 1 is 0.720 bits per heavy atom. The molecule has 0 bridgehead atoms. The molecule has 1 aromatic heterocycles. The maximum absolute atomic E-state index is 4.23. The van der Waals surface area contributed by atoms with Crippen molar-refractivity contribution in [2.24, 2.45) is 0 Å². The zero-order valence-electron chi connectivity index (χ0n) is 13.9. The first-order valence-corrected chi connectivity index (χ1v) is 8.41. The molecule has 0 N–H and O–H groups in total. The van der Waals surface area contributed by atoms with Crippen LogP contribution in [0.3, 0.4) is 0 Å². The van der Waals surface area contributed by atoms with E-state index in [-0.39, 0.29) is 0 Å². The van der Waals surface area contributed by atoms with E-state index in [0.717, 1.165) is 16.8 Å². The van der Waals surface area contributed by atoms with Crippen molar-refractivity contribution in [1.29, 1.82) is 0 Å². The molecule has 1 heteroatoms. The molecule has 0 fully saturated rings. The lowest BCUT2D eigenvalue weighted by Gasteiger charge is -2.11. The molecule has 0 unspecified atom stereocenters. The van der Waals surface area contributed by atoms with Crippen molar-refractivity contribution < 1.29 is 0 Å². The highest BCUT2D eigenvalue weighted by molar-refractivity contribution is 6.23. The second-order valence-electron chi connectivity index (χ2n) is 6.41. The minimum Gasteiger partial charge on any atom is -0.262 e. The highest BCUT2D eigenvalue weighted by atomic mass is 14.6. The van der Waals surface area contributed by atoms with Crippen LogP contribution in [0.25, 0.3) is 32.3 Å². The molecule has 5 rings (SSSR count). The smallest absolute Gasteiger partial charge is 0.0385 e. The van der Waals surface area contributed by atoms with Crippen LogP contribution in [0.2, 0.25) is 0 Å². The van der Waals surface area contributed by atoms with Gasteiger partial charge in [-0.15, -0.1) is 0 Å². The van der Waals surface area contributed by atoms with Gasteiger partial charge in [-0.3, -0.25) is 4.98 Å². The first kappa shape index (κ1) is 14.0. The summed E-state index contributed by atoms with van der Waals surface area (Å²) in [4.78, 5) is 4.23. The maximum atomic E-state index is 4.23. The van der Waals surface area contributed by atoms with E-state index in [1.807, 2.05) is 25.3 Å². The van der Waals surface area contributed by atoms with Crippen molar-refractivity contribution in [1.82, 2.24) is 4.98 Å². The molecule has 1 nitrogen and oxygen atoms in total. The second-order valence-corrected chi connectivity index (χ2v) is 6.41. The summed E-state index contributed by atoms with van der Waals surface area (Å²) < 4.78 is 0. The number of pyridine rings is 1. The number of hydrogen-bond donors (Lipinski definition) is 0. The van der Waals surface area contributed by atoms with Crippen molar-refractivity contribution in [3.05, 3.63) is 89.7 Å². The molecule has 5 aromatic rings. The van der Waals surface area contributed by atoms with Gasteiger partial charge in [0.15, 0.2) is 0 Å². The molecule has 1 heterocycles. The largest absolute Gasteiger partial charge is 0.262 e. The van der Waals surface area contributed by atoms with Crippen LogP contribution in [-0.2, 0) is 0 Å². The summed E-state index contributed by atoms with van der Waals surface area (Å²) >= 11 is 0. The van der Waals surface area contributed by atoms with Gasteiger partial charge in [0.2, 0.25) is 0 Å². The van der Waals surface area contributed by atoms with Crippen molar-refractivity contribution in [3.63, 3.8) is 0 Å². The normalized spacial score (nSPS) is 11.1. The van der Waals surface area contributed by atoms with Crippen molar-refractivity contribution in [3.8, 4) is 11.8 Å². The van der Waals surface area contributed by atoms with E-state index in [4.69, 9.17) is 0 Å². The Balaban J connectivity index is 1.80. The summed E-state index contributed by atoms with van der Waals surface area (Å²) in [6, 6.07) is 23.6. The van der Waals surface area contributed by atoms with E-state index >= 15 is 0 Å². The molecule has 0 aliphatic heterocycles. The molecule has 0 radical (unpaired) electrons. The fourth-order valence-electron chi connectivity index (χ4n) is 3.61. The second kappa shape index (κ2) is 5.33. The minimum absolute atomic E-state index is 0.988. The van der Waals surface area contributed by atoms with E-state index in [1.165, 1.54) is 32.3 Å². The van der Waals surface area contributed by atoms with E-state index in [1.54, 1.807) is 0 Å². The SMILES string of the molecule is Cc1cc(C#Cc2ccc3ccc4cccc5ccc2c3c45)ccn1. The van der Waals surface area contributed by atoms with E-state index in [0.29, 0.717) is 0 Å². The van der Waals surface area contributed by atoms with Gasteiger partial charge in [-0.2, -0.15) is 0 Å². The van der Waals surface area contributed by atoms with Gasteiger partial charge in [0.25, 0.3) is 0 Å². The Labute approximate surface area is 146 Å². The topological polar surface area (TPSA) is 12.9 Å². The molecule has 0 atom stereocenters. The summed E-state index contributed by atoms with van der Waals surface area (Å²) in [6.45, 7) is 1.99. The van der Waals surface area contributed by atoms with Gasteiger partial charge >= 0.3 is 0 Å². The summed E-state index contributed by atoms with van der Waals surface area (Å²) in [5.74, 6) is 6.65. The summed E-state index contributed by atoms with van der Waals surface area (Å²) in [6.07, 6.45) is 1.81. The van der Waals surface area contributed by atoms with E-state index in [2.05, 4.69) is 71.4 Å². The fourth-order valence-corrected chi connectivity index (χ4v) is 3.61. The van der Waals surface area contributed by atoms with Gasteiger partial charge < -0.3 is 0 Å². The zero-order chi connectivity index (χ0) is 16.8. The van der Waals surface area contributed by atoms with Crippen LogP contribution in [0.4, 0.5) is 0 Å². The lowest BCUT2D eigenvalue weighted by Crippen LogP contribution is -1.87. The number of hydrogen-bond acceptors (Lipinski definition) is 1. The molecular formula is C24H15N. The molecule has 25 heavy (non-hydrogen) atoms. The van der Waals surface area contributed by atoms with Crippen LogP contribution >= 0.6 is 0 Å². The van der Waals surface area contributed by atoms with Gasteiger partial charge in [0.05, 0.1) is 0 Å². The monoisotopic (exact) mass is 317 g/mol. The standard InChI is InChI=1S/C24H15N/c1-16-15-17(13-14-25-16)5-6-18-7-8-21-10-9-19-3-2-4-20-11-12-22(18)24(21)23(19)20/h2-4,7-15H,1H3.